The van der Waals surface area contributed by atoms with Gasteiger partial charge in [-0.15, -0.1) is 0 Å². The highest BCUT2D eigenvalue weighted by molar-refractivity contribution is 7.92. The first-order valence-corrected chi connectivity index (χ1v) is 10.8. The van der Waals surface area contributed by atoms with Crippen molar-refractivity contribution >= 4 is 39.4 Å². The average molecular weight is 440 g/mol. The summed E-state index contributed by atoms with van der Waals surface area (Å²) in [7, 11) is -2.38. The third kappa shape index (κ3) is 6.65. The number of benzene rings is 2. The van der Waals surface area contributed by atoms with E-state index >= 15 is 0 Å². The summed E-state index contributed by atoms with van der Waals surface area (Å²) in [6, 6.07) is 11.6. The van der Waals surface area contributed by atoms with E-state index in [2.05, 4.69) is 10.5 Å². The Labute approximate surface area is 175 Å². The van der Waals surface area contributed by atoms with Crippen molar-refractivity contribution in [1.29, 1.82) is 0 Å². The predicted molar refractivity (Wildman–Crippen MR) is 114 cm³/mol. The van der Waals surface area contributed by atoms with E-state index in [-0.39, 0.29) is 11.4 Å². The number of hydrogen-bond donors (Lipinski definition) is 1. The van der Waals surface area contributed by atoms with E-state index in [0.29, 0.717) is 11.6 Å². The van der Waals surface area contributed by atoms with Crippen LogP contribution in [0.5, 0.6) is 11.5 Å². The van der Waals surface area contributed by atoms with E-state index in [0.717, 1.165) is 21.9 Å². The van der Waals surface area contributed by atoms with Crippen LogP contribution < -0.4 is 19.2 Å². The van der Waals surface area contributed by atoms with E-state index < -0.39 is 22.5 Å². The lowest BCUT2D eigenvalue weighted by Gasteiger charge is -2.23. The molecule has 156 valence electrons. The second kappa shape index (κ2) is 10.1. The highest BCUT2D eigenvalue weighted by Crippen LogP contribution is 2.32. The molecule has 1 amide bonds. The summed E-state index contributed by atoms with van der Waals surface area (Å²) in [5.41, 5.74) is 3.22. The number of sulfonamides is 1. The molecule has 0 unspecified atom stereocenters. The molecule has 0 heterocycles. The molecule has 2 aromatic rings. The summed E-state index contributed by atoms with van der Waals surface area (Å²) in [6.45, 7) is 1.97. The van der Waals surface area contributed by atoms with Crippen LogP contribution >= 0.6 is 11.6 Å². The Hall–Kier alpha value is -2.78. The van der Waals surface area contributed by atoms with Crippen molar-refractivity contribution in [3.05, 3.63) is 53.1 Å². The summed E-state index contributed by atoms with van der Waals surface area (Å²) in [5.74, 6) is 0.373. The van der Waals surface area contributed by atoms with Crippen LogP contribution in [0.25, 0.3) is 0 Å². The maximum absolute atomic E-state index is 12.3. The molecular formula is C19H22ClN3O5S. The lowest BCUT2D eigenvalue weighted by molar-refractivity contribution is -0.119. The Morgan fingerprint density at radius 2 is 1.93 bits per heavy atom. The molecule has 10 heteroatoms. The van der Waals surface area contributed by atoms with Crippen molar-refractivity contribution in [3.8, 4) is 11.5 Å². The summed E-state index contributed by atoms with van der Waals surface area (Å²) >= 11 is 5.98. The fourth-order valence-corrected chi connectivity index (χ4v) is 3.42. The second-order valence-electron chi connectivity index (χ2n) is 5.88. The third-order valence-corrected chi connectivity index (χ3v) is 5.05. The average Bonchev–Trinajstić information content (AvgIpc) is 2.67. The Kier molecular flexibility index (Phi) is 7.86. The van der Waals surface area contributed by atoms with Gasteiger partial charge in [-0.2, -0.15) is 5.10 Å². The topological polar surface area (TPSA) is 97.3 Å². The van der Waals surface area contributed by atoms with Crippen molar-refractivity contribution in [3.63, 3.8) is 0 Å². The van der Waals surface area contributed by atoms with Gasteiger partial charge in [0.1, 0.15) is 18.0 Å². The molecule has 0 radical (unpaired) electrons. The van der Waals surface area contributed by atoms with Gasteiger partial charge < -0.3 is 9.47 Å². The molecule has 0 saturated heterocycles. The van der Waals surface area contributed by atoms with Gasteiger partial charge in [0.05, 0.1) is 31.9 Å². The van der Waals surface area contributed by atoms with Gasteiger partial charge in [0, 0.05) is 5.02 Å². The molecule has 8 nitrogen and oxygen atoms in total. The molecule has 0 aliphatic rings. The first kappa shape index (κ1) is 22.5. The third-order valence-electron chi connectivity index (χ3n) is 3.69. The smallest absolute Gasteiger partial charge is 0.260 e. The van der Waals surface area contributed by atoms with E-state index in [1.54, 1.807) is 30.3 Å². The lowest BCUT2D eigenvalue weighted by atomic mass is 10.2. The molecule has 0 spiro atoms. The van der Waals surface area contributed by atoms with Crippen molar-refractivity contribution in [2.24, 2.45) is 5.10 Å². The van der Waals surface area contributed by atoms with Gasteiger partial charge in [-0.25, -0.2) is 13.8 Å². The molecule has 0 aromatic heterocycles. The quantitative estimate of drug-likeness (QED) is 0.478. The van der Waals surface area contributed by atoms with Crippen LogP contribution in [0.2, 0.25) is 5.02 Å². The Morgan fingerprint density at radius 1 is 1.24 bits per heavy atom. The zero-order chi connectivity index (χ0) is 21.4. The van der Waals surface area contributed by atoms with Crippen LogP contribution in [-0.4, -0.2) is 47.1 Å². The molecule has 2 rings (SSSR count). The highest BCUT2D eigenvalue weighted by Gasteiger charge is 2.24. The van der Waals surface area contributed by atoms with Crippen molar-refractivity contribution < 1.29 is 22.7 Å². The van der Waals surface area contributed by atoms with Gasteiger partial charge in [0.25, 0.3) is 5.91 Å². The molecule has 0 fully saturated rings. The van der Waals surface area contributed by atoms with Gasteiger partial charge in [-0.3, -0.25) is 9.10 Å². The van der Waals surface area contributed by atoms with Crippen LogP contribution in [0.1, 0.15) is 12.5 Å². The molecule has 0 aliphatic heterocycles. The second-order valence-corrected chi connectivity index (χ2v) is 8.22. The number of hydrogen-bond acceptors (Lipinski definition) is 6. The SMILES string of the molecule is CCOc1ccc(/C=N\NC(=O)CN(c2cc(Cl)ccc2OC)S(C)(=O)=O)cc1. The largest absolute Gasteiger partial charge is 0.495 e. The van der Waals surface area contributed by atoms with E-state index in [1.807, 2.05) is 6.92 Å². The summed E-state index contributed by atoms with van der Waals surface area (Å²) in [4.78, 5) is 12.3. The first-order valence-electron chi connectivity index (χ1n) is 8.60. The van der Waals surface area contributed by atoms with Crippen molar-refractivity contribution in [2.75, 3.05) is 30.8 Å². The lowest BCUT2D eigenvalue weighted by Crippen LogP contribution is -2.39. The van der Waals surface area contributed by atoms with Gasteiger partial charge in [0.15, 0.2) is 0 Å². The minimum atomic E-state index is -3.78. The number of hydrazone groups is 1. The van der Waals surface area contributed by atoms with E-state index in [1.165, 1.54) is 25.5 Å². The van der Waals surface area contributed by atoms with E-state index in [9.17, 15) is 13.2 Å². The molecule has 0 bridgehead atoms. The summed E-state index contributed by atoms with van der Waals surface area (Å²) in [6.07, 6.45) is 2.43. The summed E-state index contributed by atoms with van der Waals surface area (Å²) < 4.78 is 35.9. The molecular weight excluding hydrogens is 418 g/mol. The predicted octanol–water partition coefficient (Wildman–Crippen LogP) is 2.66. The molecule has 2 aromatic carbocycles. The fourth-order valence-electron chi connectivity index (χ4n) is 2.40. The zero-order valence-corrected chi connectivity index (χ0v) is 17.8. The molecule has 0 aliphatic carbocycles. The number of nitrogens with one attached hydrogen (secondary N) is 1. The number of nitrogens with zero attached hydrogens (tertiary/aromatic N) is 2. The van der Waals surface area contributed by atoms with Crippen molar-refractivity contribution in [1.82, 2.24) is 5.43 Å². The van der Waals surface area contributed by atoms with Crippen LogP contribution in [0.4, 0.5) is 5.69 Å². The van der Waals surface area contributed by atoms with Crippen LogP contribution in [0.15, 0.2) is 47.6 Å². The van der Waals surface area contributed by atoms with Gasteiger partial charge in [-0.1, -0.05) is 11.6 Å². The monoisotopic (exact) mass is 439 g/mol. The van der Waals surface area contributed by atoms with Crippen molar-refractivity contribution in [2.45, 2.75) is 6.92 Å². The van der Waals surface area contributed by atoms with Gasteiger partial charge >= 0.3 is 0 Å². The molecule has 1 N–H and O–H groups in total. The number of rotatable bonds is 9. The van der Waals surface area contributed by atoms with Gasteiger partial charge in [0.2, 0.25) is 10.0 Å². The number of halogens is 1. The van der Waals surface area contributed by atoms with Crippen LogP contribution in [0, 0.1) is 0 Å². The number of ether oxygens (including phenoxy) is 2. The highest BCUT2D eigenvalue weighted by atomic mass is 35.5. The van der Waals surface area contributed by atoms with Crippen LogP contribution in [0.3, 0.4) is 0 Å². The number of carbonyl (C=O) groups is 1. The Bertz CT molecular complexity index is 978. The normalized spacial score (nSPS) is 11.3. The number of anilines is 1. The fraction of sp³-hybridized carbons (Fsp3) is 0.263. The van der Waals surface area contributed by atoms with E-state index in [4.69, 9.17) is 21.1 Å². The standard InChI is InChI=1S/C19H22ClN3O5S/c1-4-28-16-8-5-14(6-9-16)12-21-22-19(24)13-23(29(3,25)26)17-11-15(20)7-10-18(17)27-2/h5-12H,4,13H2,1-3H3,(H,22,24)/b21-12-. The minimum Gasteiger partial charge on any atom is -0.495 e. The Balaban J connectivity index is 2.10. The minimum absolute atomic E-state index is 0.160. The zero-order valence-electron chi connectivity index (χ0n) is 16.3. The first-order chi connectivity index (χ1) is 13.7. The molecule has 0 saturated carbocycles. The number of amides is 1. The maximum Gasteiger partial charge on any atom is 0.260 e. The molecule has 29 heavy (non-hydrogen) atoms. The Morgan fingerprint density at radius 3 is 2.52 bits per heavy atom. The van der Waals surface area contributed by atoms with Crippen LogP contribution in [-0.2, 0) is 14.8 Å². The number of carbonyl (C=O) groups excluding carboxylic acids is 1. The number of methoxy groups -OCH3 is 1. The van der Waals surface area contributed by atoms with Gasteiger partial charge in [-0.05, 0) is 55.0 Å². The summed E-state index contributed by atoms with van der Waals surface area (Å²) in [5, 5.41) is 4.17. The molecule has 0 atom stereocenters. The maximum atomic E-state index is 12.3.